The average Bonchev–Trinajstić information content (AvgIpc) is 2.91. The minimum atomic E-state index is -0.847. The summed E-state index contributed by atoms with van der Waals surface area (Å²) in [7, 11) is 0. The lowest BCUT2D eigenvalue weighted by atomic mass is 10.1. The van der Waals surface area contributed by atoms with Crippen LogP contribution in [0.1, 0.15) is 38.5 Å². The Morgan fingerprint density at radius 3 is 2.58 bits per heavy atom. The molecule has 0 saturated heterocycles. The van der Waals surface area contributed by atoms with Gasteiger partial charge in [0.1, 0.15) is 0 Å². The highest BCUT2D eigenvalue weighted by atomic mass is 32.2. The van der Waals surface area contributed by atoms with E-state index in [1.807, 2.05) is 38.1 Å². The molecule has 0 aliphatic rings. The molecule has 1 amide bonds. The van der Waals surface area contributed by atoms with Crippen molar-refractivity contribution in [1.29, 1.82) is 0 Å². The summed E-state index contributed by atoms with van der Waals surface area (Å²) in [5.74, 6) is -0.467. The van der Waals surface area contributed by atoms with Gasteiger partial charge in [-0.15, -0.1) is 23.1 Å². The van der Waals surface area contributed by atoms with Crippen molar-refractivity contribution in [2.45, 2.75) is 32.4 Å². The first-order chi connectivity index (χ1) is 12.3. The maximum atomic E-state index is 12.2. The number of Topliss-reactive ketones (excluding diaryl/α,β-unsaturated/α-hetero) is 1. The first-order valence-electron chi connectivity index (χ1n) is 8.13. The molecule has 0 fully saturated rings. The predicted octanol–water partition coefficient (Wildman–Crippen LogP) is 4.28. The Morgan fingerprint density at radius 1 is 1.15 bits per heavy atom. The number of nitrogens with one attached hydrogen (secondary N) is 1. The van der Waals surface area contributed by atoms with Gasteiger partial charge in [-0.25, -0.2) is 0 Å². The van der Waals surface area contributed by atoms with Crippen LogP contribution in [0.15, 0.2) is 30.3 Å². The van der Waals surface area contributed by atoms with Gasteiger partial charge in [0, 0.05) is 39.6 Å². The molecule has 2 N–H and O–H groups in total. The Kier molecular flexibility index (Phi) is 7.41. The number of amides is 1. The number of benzene rings is 1. The van der Waals surface area contributed by atoms with E-state index < -0.39 is 5.97 Å². The van der Waals surface area contributed by atoms with Gasteiger partial charge < -0.3 is 10.4 Å². The second-order valence-corrected chi connectivity index (χ2v) is 8.33. The first-order valence-corrected chi connectivity index (χ1v) is 10.1. The van der Waals surface area contributed by atoms with Gasteiger partial charge in [0.2, 0.25) is 5.91 Å². The molecule has 2 rings (SSSR count). The number of carbonyl (C=O) groups is 3. The van der Waals surface area contributed by atoms with E-state index in [9.17, 15) is 14.4 Å². The molecule has 1 aromatic heterocycles. The summed E-state index contributed by atoms with van der Waals surface area (Å²) in [5.41, 5.74) is 2.30. The SMILES string of the molecule is Cc1cc(C(=O)CCC(=O)Nc2cccc(CSCC(=O)O)c2)c(C)s1. The van der Waals surface area contributed by atoms with Crippen LogP contribution in [0, 0.1) is 13.8 Å². The molecule has 0 spiro atoms. The number of thioether (sulfide) groups is 1. The topological polar surface area (TPSA) is 83.5 Å². The van der Waals surface area contributed by atoms with Gasteiger partial charge in [0.05, 0.1) is 5.75 Å². The van der Waals surface area contributed by atoms with Gasteiger partial charge in [-0.2, -0.15) is 0 Å². The minimum absolute atomic E-state index is 0.0131. The molecule has 7 heteroatoms. The van der Waals surface area contributed by atoms with E-state index in [1.165, 1.54) is 11.8 Å². The highest BCUT2D eigenvalue weighted by molar-refractivity contribution is 7.99. The molecule has 5 nitrogen and oxygen atoms in total. The van der Waals surface area contributed by atoms with Gasteiger partial charge in [0.15, 0.2) is 5.78 Å². The number of carbonyl (C=O) groups excluding carboxylic acids is 2. The van der Waals surface area contributed by atoms with Crippen molar-refractivity contribution in [3.63, 3.8) is 0 Å². The molecule has 0 atom stereocenters. The number of ketones is 1. The normalized spacial score (nSPS) is 10.5. The number of rotatable bonds is 9. The molecule has 0 radical (unpaired) electrons. The summed E-state index contributed by atoms with van der Waals surface area (Å²) >= 11 is 2.89. The zero-order chi connectivity index (χ0) is 19.1. The van der Waals surface area contributed by atoms with E-state index in [0.29, 0.717) is 17.0 Å². The van der Waals surface area contributed by atoms with Crippen LogP contribution in [0.5, 0.6) is 0 Å². The van der Waals surface area contributed by atoms with Gasteiger partial charge in [-0.05, 0) is 37.6 Å². The van der Waals surface area contributed by atoms with Crippen LogP contribution < -0.4 is 5.32 Å². The summed E-state index contributed by atoms with van der Waals surface area (Å²) in [4.78, 5) is 37.0. The van der Waals surface area contributed by atoms with Crippen LogP contribution >= 0.6 is 23.1 Å². The van der Waals surface area contributed by atoms with Crippen LogP contribution in [0.25, 0.3) is 0 Å². The molecule has 26 heavy (non-hydrogen) atoms. The van der Waals surface area contributed by atoms with Gasteiger partial charge in [-0.3, -0.25) is 14.4 Å². The number of carboxylic acids is 1. The molecule has 1 heterocycles. The quantitative estimate of drug-likeness (QED) is 0.623. The third kappa shape index (κ3) is 6.31. The number of hydrogen-bond acceptors (Lipinski definition) is 5. The highest BCUT2D eigenvalue weighted by Gasteiger charge is 2.14. The van der Waals surface area contributed by atoms with Crippen molar-refractivity contribution in [2.24, 2.45) is 0 Å². The standard InChI is InChI=1S/C19H21NO4S2/c1-12-8-16(13(2)26-12)17(21)6-7-18(22)20-15-5-3-4-14(9-15)10-25-11-19(23)24/h3-5,8-9H,6-7,10-11H2,1-2H3,(H,20,22)(H,23,24). The Hall–Kier alpha value is -2.12. The fraction of sp³-hybridized carbons (Fsp3) is 0.316. The van der Waals surface area contributed by atoms with E-state index in [-0.39, 0.29) is 30.3 Å². The van der Waals surface area contributed by atoms with E-state index in [0.717, 1.165) is 15.3 Å². The summed E-state index contributed by atoms with van der Waals surface area (Å²) in [5, 5.41) is 11.5. The fourth-order valence-corrected chi connectivity index (χ4v) is 4.12. The van der Waals surface area contributed by atoms with E-state index >= 15 is 0 Å². The lowest BCUT2D eigenvalue weighted by Gasteiger charge is -2.07. The Labute approximate surface area is 160 Å². The number of carboxylic acid groups (broad SMARTS) is 1. The number of thiophene rings is 1. The smallest absolute Gasteiger partial charge is 0.313 e. The summed E-state index contributed by atoms with van der Waals surface area (Å²) < 4.78 is 0. The molecular weight excluding hydrogens is 370 g/mol. The molecule has 0 saturated carbocycles. The van der Waals surface area contributed by atoms with Crippen LogP contribution in [-0.4, -0.2) is 28.5 Å². The minimum Gasteiger partial charge on any atom is -0.481 e. The Bertz CT molecular complexity index is 814. The Morgan fingerprint density at radius 2 is 1.92 bits per heavy atom. The molecule has 0 unspecified atom stereocenters. The number of hydrogen-bond donors (Lipinski definition) is 2. The zero-order valence-corrected chi connectivity index (χ0v) is 16.3. The molecule has 0 bridgehead atoms. The van der Waals surface area contributed by atoms with Crippen LogP contribution in [0.3, 0.4) is 0 Å². The molecule has 1 aromatic carbocycles. The van der Waals surface area contributed by atoms with Crippen molar-refractivity contribution < 1.29 is 19.5 Å². The van der Waals surface area contributed by atoms with Gasteiger partial charge in [-0.1, -0.05) is 12.1 Å². The maximum Gasteiger partial charge on any atom is 0.313 e. The summed E-state index contributed by atoms with van der Waals surface area (Å²) in [6, 6.07) is 9.17. The van der Waals surface area contributed by atoms with Crippen molar-refractivity contribution in [3.05, 3.63) is 51.2 Å². The van der Waals surface area contributed by atoms with Crippen LogP contribution in [-0.2, 0) is 15.3 Å². The third-order valence-electron chi connectivity index (χ3n) is 3.63. The van der Waals surface area contributed by atoms with Crippen LogP contribution in [0.2, 0.25) is 0 Å². The molecular formula is C19H21NO4S2. The summed E-state index contributed by atoms with van der Waals surface area (Å²) in [6.07, 6.45) is 0.308. The second-order valence-electron chi connectivity index (χ2n) is 5.89. The lowest BCUT2D eigenvalue weighted by molar-refractivity contribution is -0.133. The Balaban J connectivity index is 1.84. The van der Waals surface area contributed by atoms with E-state index in [1.54, 1.807) is 17.4 Å². The largest absolute Gasteiger partial charge is 0.481 e. The molecule has 0 aliphatic carbocycles. The van der Waals surface area contributed by atoms with E-state index in [4.69, 9.17) is 5.11 Å². The molecule has 0 aliphatic heterocycles. The van der Waals surface area contributed by atoms with Crippen molar-refractivity contribution in [3.8, 4) is 0 Å². The number of anilines is 1. The average molecular weight is 392 g/mol. The zero-order valence-electron chi connectivity index (χ0n) is 14.7. The molecule has 138 valence electrons. The fourth-order valence-electron chi connectivity index (χ4n) is 2.49. The van der Waals surface area contributed by atoms with Gasteiger partial charge >= 0.3 is 5.97 Å². The summed E-state index contributed by atoms with van der Waals surface area (Å²) in [6.45, 7) is 3.88. The van der Waals surface area contributed by atoms with Gasteiger partial charge in [0.25, 0.3) is 0 Å². The van der Waals surface area contributed by atoms with E-state index in [2.05, 4.69) is 5.32 Å². The van der Waals surface area contributed by atoms with Crippen molar-refractivity contribution in [1.82, 2.24) is 0 Å². The van der Waals surface area contributed by atoms with Crippen LogP contribution in [0.4, 0.5) is 5.69 Å². The molecule has 2 aromatic rings. The van der Waals surface area contributed by atoms with Crippen molar-refractivity contribution in [2.75, 3.05) is 11.1 Å². The monoisotopic (exact) mass is 391 g/mol. The third-order valence-corrected chi connectivity index (χ3v) is 5.58. The predicted molar refractivity (Wildman–Crippen MR) is 106 cm³/mol. The maximum absolute atomic E-state index is 12.2. The second kappa shape index (κ2) is 9.54. The highest BCUT2D eigenvalue weighted by Crippen LogP contribution is 2.22. The lowest BCUT2D eigenvalue weighted by Crippen LogP contribution is -2.13. The first kappa shape index (κ1) is 20.2. The van der Waals surface area contributed by atoms with Crippen molar-refractivity contribution >= 4 is 46.4 Å². The number of aliphatic carboxylic acids is 1. The number of aryl methyl sites for hydroxylation is 2.